The first-order valence-electron chi connectivity index (χ1n) is 5.94. The number of aromatic nitrogens is 2. The molecule has 1 saturated heterocycles. The Balaban J connectivity index is 2.10. The van der Waals surface area contributed by atoms with E-state index in [1.165, 1.54) is 0 Å². The Hall–Kier alpha value is -1.26. The fourth-order valence-corrected chi connectivity index (χ4v) is 1.88. The van der Waals surface area contributed by atoms with Gasteiger partial charge in [-0.15, -0.1) is 0 Å². The van der Waals surface area contributed by atoms with Crippen molar-refractivity contribution < 1.29 is 8.78 Å². The van der Waals surface area contributed by atoms with Gasteiger partial charge in [-0.2, -0.15) is 0 Å². The molecule has 0 N–H and O–H groups in total. The third-order valence-electron chi connectivity index (χ3n) is 2.99. The SMILES string of the molecule is CC(C)c1nccc(N2CCC(F)(F)CC2)n1. The van der Waals surface area contributed by atoms with Gasteiger partial charge in [-0.1, -0.05) is 13.8 Å². The lowest BCUT2D eigenvalue weighted by atomic mass is 10.1. The van der Waals surface area contributed by atoms with Crippen LogP contribution in [-0.2, 0) is 0 Å². The number of nitrogens with zero attached hydrogens (tertiary/aromatic N) is 3. The van der Waals surface area contributed by atoms with Gasteiger partial charge in [0.25, 0.3) is 5.92 Å². The van der Waals surface area contributed by atoms with Crippen molar-refractivity contribution in [2.45, 2.75) is 38.5 Å². The molecule has 0 saturated carbocycles. The Morgan fingerprint density at radius 3 is 2.53 bits per heavy atom. The molecule has 94 valence electrons. The zero-order chi connectivity index (χ0) is 12.5. The summed E-state index contributed by atoms with van der Waals surface area (Å²) in [4.78, 5) is 10.5. The monoisotopic (exact) mass is 241 g/mol. The molecule has 1 aromatic heterocycles. The summed E-state index contributed by atoms with van der Waals surface area (Å²) in [6, 6.07) is 1.79. The fraction of sp³-hybridized carbons (Fsp3) is 0.667. The first-order valence-corrected chi connectivity index (χ1v) is 5.94. The molecule has 17 heavy (non-hydrogen) atoms. The standard InChI is InChI=1S/C12H17F2N3/c1-9(2)11-15-6-3-10(16-11)17-7-4-12(13,14)5-8-17/h3,6,9H,4-5,7-8H2,1-2H3. The van der Waals surface area contributed by atoms with Gasteiger partial charge in [0.05, 0.1) is 0 Å². The van der Waals surface area contributed by atoms with Gasteiger partial charge in [0.1, 0.15) is 11.6 Å². The number of anilines is 1. The zero-order valence-electron chi connectivity index (χ0n) is 10.2. The second-order valence-corrected chi connectivity index (χ2v) is 4.77. The lowest BCUT2D eigenvalue weighted by molar-refractivity contribution is -0.0221. The van der Waals surface area contributed by atoms with Gasteiger partial charge in [-0.25, -0.2) is 18.7 Å². The highest BCUT2D eigenvalue weighted by atomic mass is 19.3. The van der Waals surface area contributed by atoms with Crippen molar-refractivity contribution >= 4 is 5.82 Å². The van der Waals surface area contributed by atoms with E-state index in [4.69, 9.17) is 0 Å². The summed E-state index contributed by atoms with van der Waals surface area (Å²) < 4.78 is 26.1. The molecule has 3 nitrogen and oxygen atoms in total. The van der Waals surface area contributed by atoms with Crippen LogP contribution < -0.4 is 4.90 Å². The molecule has 0 unspecified atom stereocenters. The number of rotatable bonds is 2. The molecule has 0 aliphatic carbocycles. The zero-order valence-corrected chi connectivity index (χ0v) is 10.2. The molecule has 0 radical (unpaired) electrons. The van der Waals surface area contributed by atoms with Crippen LogP contribution in [0.2, 0.25) is 0 Å². The van der Waals surface area contributed by atoms with Gasteiger partial charge < -0.3 is 4.90 Å². The lowest BCUT2D eigenvalue weighted by Gasteiger charge is -2.32. The van der Waals surface area contributed by atoms with Gasteiger partial charge in [0.15, 0.2) is 0 Å². The van der Waals surface area contributed by atoms with E-state index in [2.05, 4.69) is 9.97 Å². The molecule has 5 heteroatoms. The summed E-state index contributed by atoms with van der Waals surface area (Å²) in [5.41, 5.74) is 0. The molecule has 1 aromatic rings. The summed E-state index contributed by atoms with van der Waals surface area (Å²) in [5.74, 6) is -0.732. The van der Waals surface area contributed by atoms with Gasteiger partial charge in [0.2, 0.25) is 0 Å². The molecule has 1 fully saturated rings. The van der Waals surface area contributed by atoms with Crippen LogP contribution in [0, 0.1) is 0 Å². The number of alkyl halides is 2. The number of hydrogen-bond acceptors (Lipinski definition) is 3. The average Bonchev–Trinajstić information content (AvgIpc) is 2.29. The Kier molecular flexibility index (Phi) is 3.26. The number of halogens is 2. The number of hydrogen-bond donors (Lipinski definition) is 0. The first-order chi connectivity index (χ1) is 7.98. The molecule has 1 aliphatic rings. The van der Waals surface area contributed by atoms with Crippen LogP contribution in [0.5, 0.6) is 0 Å². The summed E-state index contributed by atoms with van der Waals surface area (Å²) >= 11 is 0. The predicted octanol–water partition coefficient (Wildman–Crippen LogP) is 2.84. The normalized spacial score (nSPS) is 19.7. The fourth-order valence-electron chi connectivity index (χ4n) is 1.88. The Labute approximate surface area is 99.9 Å². The van der Waals surface area contributed by atoms with Crippen molar-refractivity contribution in [3.63, 3.8) is 0 Å². The predicted molar refractivity (Wildman–Crippen MR) is 62.5 cm³/mol. The van der Waals surface area contributed by atoms with E-state index in [1.54, 1.807) is 12.3 Å². The first kappa shape index (κ1) is 12.2. The van der Waals surface area contributed by atoms with Gasteiger partial charge in [-0.05, 0) is 6.07 Å². The van der Waals surface area contributed by atoms with E-state index in [1.807, 2.05) is 18.7 Å². The van der Waals surface area contributed by atoms with Crippen LogP contribution in [0.4, 0.5) is 14.6 Å². The highest BCUT2D eigenvalue weighted by Crippen LogP contribution is 2.29. The summed E-state index contributed by atoms with van der Waals surface area (Å²) in [5, 5.41) is 0. The van der Waals surface area contributed by atoms with Gasteiger partial charge in [-0.3, -0.25) is 0 Å². The summed E-state index contributed by atoms with van der Waals surface area (Å²) in [6.07, 6.45) is 1.52. The van der Waals surface area contributed by atoms with E-state index in [0.29, 0.717) is 13.1 Å². The smallest absolute Gasteiger partial charge is 0.251 e. The third-order valence-corrected chi connectivity index (χ3v) is 2.99. The molecule has 0 bridgehead atoms. The van der Waals surface area contributed by atoms with E-state index < -0.39 is 5.92 Å². The molecule has 2 heterocycles. The largest absolute Gasteiger partial charge is 0.356 e. The summed E-state index contributed by atoms with van der Waals surface area (Å²) in [7, 11) is 0. The minimum Gasteiger partial charge on any atom is -0.356 e. The third kappa shape index (κ3) is 2.90. The molecule has 0 amide bonds. The maximum atomic E-state index is 13.0. The van der Waals surface area contributed by atoms with E-state index in [-0.39, 0.29) is 18.8 Å². The quantitative estimate of drug-likeness (QED) is 0.797. The number of piperidine rings is 1. The van der Waals surface area contributed by atoms with Crippen LogP contribution in [0.1, 0.15) is 38.4 Å². The Morgan fingerprint density at radius 2 is 1.94 bits per heavy atom. The Morgan fingerprint density at radius 1 is 1.29 bits per heavy atom. The minimum absolute atomic E-state index is 0.0893. The Bertz CT molecular complexity index is 383. The van der Waals surface area contributed by atoms with Gasteiger partial charge >= 0.3 is 0 Å². The van der Waals surface area contributed by atoms with Crippen LogP contribution >= 0.6 is 0 Å². The lowest BCUT2D eigenvalue weighted by Crippen LogP contribution is -2.39. The molecule has 2 rings (SSSR count). The van der Waals surface area contributed by atoms with Crippen molar-refractivity contribution in [3.05, 3.63) is 18.1 Å². The van der Waals surface area contributed by atoms with Crippen LogP contribution in [0.15, 0.2) is 12.3 Å². The van der Waals surface area contributed by atoms with Gasteiger partial charge in [0, 0.05) is 38.0 Å². The van der Waals surface area contributed by atoms with Crippen LogP contribution in [0.3, 0.4) is 0 Å². The van der Waals surface area contributed by atoms with Crippen molar-refractivity contribution in [2.24, 2.45) is 0 Å². The molecular formula is C12H17F2N3. The van der Waals surface area contributed by atoms with Crippen molar-refractivity contribution in [1.82, 2.24) is 9.97 Å². The second kappa shape index (κ2) is 4.55. The van der Waals surface area contributed by atoms with Crippen LogP contribution in [0.25, 0.3) is 0 Å². The van der Waals surface area contributed by atoms with E-state index in [0.717, 1.165) is 11.6 Å². The molecule has 0 atom stereocenters. The molecular weight excluding hydrogens is 224 g/mol. The maximum Gasteiger partial charge on any atom is 0.251 e. The highest BCUT2D eigenvalue weighted by Gasteiger charge is 2.34. The molecule has 0 spiro atoms. The van der Waals surface area contributed by atoms with Crippen molar-refractivity contribution in [2.75, 3.05) is 18.0 Å². The highest BCUT2D eigenvalue weighted by molar-refractivity contribution is 5.38. The summed E-state index contributed by atoms with van der Waals surface area (Å²) in [6.45, 7) is 4.76. The van der Waals surface area contributed by atoms with E-state index >= 15 is 0 Å². The second-order valence-electron chi connectivity index (χ2n) is 4.77. The minimum atomic E-state index is -2.51. The molecule has 1 aliphatic heterocycles. The molecule has 0 aromatic carbocycles. The average molecular weight is 241 g/mol. The van der Waals surface area contributed by atoms with Crippen molar-refractivity contribution in [3.8, 4) is 0 Å². The topological polar surface area (TPSA) is 29.0 Å². The van der Waals surface area contributed by atoms with Crippen molar-refractivity contribution in [1.29, 1.82) is 0 Å². The van der Waals surface area contributed by atoms with E-state index in [9.17, 15) is 8.78 Å². The maximum absolute atomic E-state index is 13.0. The van der Waals surface area contributed by atoms with Crippen LogP contribution in [-0.4, -0.2) is 29.0 Å².